The van der Waals surface area contributed by atoms with Crippen LogP contribution in [-0.4, -0.2) is 30.3 Å². The maximum Gasteiger partial charge on any atom is 0.130 e. The van der Waals surface area contributed by atoms with E-state index in [0.717, 1.165) is 25.4 Å². The van der Waals surface area contributed by atoms with Gasteiger partial charge in [-0.2, -0.15) is 0 Å². The van der Waals surface area contributed by atoms with Crippen molar-refractivity contribution in [3.8, 4) is 0 Å². The minimum Gasteiger partial charge on any atom is -0.302 e. The van der Waals surface area contributed by atoms with E-state index in [-0.39, 0.29) is 0 Å². The van der Waals surface area contributed by atoms with Crippen LogP contribution in [0.2, 0.25) is 0 Å². The Bertz CT molecular complexity index is 159. The molecular formula is C10H19NO. The molecule has 0 atom stereocenters. The Balaban J connectivity index is 2.08. The Morgan fingerprint density at radius 2 is 2.08 bits per heavy atom. The van der Waals surface area contributed by atoms with Gasteiger partial charge in [0.1, 0.15) is 5.78 Å². The molecule has 1 heterocycles. The molecule has 0 aliphatic carbocycles. The van der Waals surface area contributed by atoms with Crippen molar-refractivity contribution in [3.63, 3.8) is 0 Å². The van der Waals surface area contributed by atoms with E-state index in [9.17, 15) is 4.79 Å². The third-order valence-corrected chi connectivity index (χ3v) is 2.23. The molecule has 0 N–H and O–H groups in total. The summed E-state index contributed by atoms with van der Waals surface area (Å²) in [6.45, 7) is 9.62. The van der Waals surface area contributed by atoms with Gasteiger partial charge >= 0.3 is 0 Å². The van der Waals surface area contributed by atoms with Crippen molar-refractivity contribution in [1.82, 2.24) is 4.90 Å². The SMILES string of the molecule is CC(=O)CC1CN(CC(C)C)C1. The molecule has 1 saturated heterocycles. The molecule has 0 aromatic heterocycles. The van der Waals surface area contributed by atoms with Crippen LogP contribution < -0.4 is 0 Å². The van der Waals surface area contributed by atoms with Gasteiger partial charge in [0.05, 0.1) is 0 Å². The fourth-order valence-corrected chi connectivity index (χ4v) is 1.88. The summed E-state index contributed by atoms with van der Waals surface area (Å²) in [5.74, 6) is 1.74. The molecule has 2 nitrogen and oxygen atoms in total. The van der Waals surface area contributed by atoms with Crippen molar-refractivity contribution < 1.29 is 4.79 Å². The van der Waals surface area contributed by atoms with Crippen molar-refractivity contribution in [2.75, 3.05) is 19.6 Å². The van der Waals surface area contributed by atoms with E-state index in [1.54, 1.807) is 6.92 Å². The number of carbonyl (C=O) groups excluding carboxylic acids is 1. The molecule has 0 spiro atoms. The average Bonchev–Trinajstić information content (AvgIpc) is 1.80. The second-order valence-electron chi connectivity index (χ2n) is 4.38. The summed E-state index contributed by atoms with van der Waals surface area (Å²) in [4.78, 5) is 13.2. The van der Waals surface area contributed by atoms with Crippen LogP contribution >= 0.6 is 0 Å². The van der Waals surface area contributed by atoms with Gasteiger partial charge in [0, 0.05) is 26.1 Å². The number of ketones is 1. The number of likely N-dealkylation sites (tertiary alicyclic amines) is 1. The number of nitrogens with zero attached hydrogens (tertiary/aromatic N) is 1. The number of hydrogen-bond acceptors (Lipinski definition) is 2. The fraction of sp³-hybridized carbons (Fsp3) is 0.900. The molecular weight excluding hydrogens is 150 g/mol. The monoisotopic (exact) mass is 169 g/mol. The Morgan fingerprint density at radius 3 is 2.50 bits per heavy atom. The second kappa shape index (κ2) is 4.04. The van der Waals surface area contributed by atoms with Crippen LogP contribution in [0, 0.1) is 11.8 Å². The Kier molecular flexibility index (Phi) is 3.27. The van der Waals surface area contributed by atoms with Gasteiger partial charge in [-0.3, -0.25) is 0 Å². The summed E-state index contributed by atoms with van der Waals surface area (Å²) >= 11 is 0. The van der Waals surface area contributed by atoms with Gasteiger partial charge in [0.2, 0.25) is 0 Å². The number of Topliss-reactive ketones (excluding diaryl/α,β-unsaturated/α-hetero) is 1. The Hall–Kier alpha value is -0.370. The first-order chi connectivity index (χ1) is 5.58. The largest absolute Gasteiger partial charge is 0.302 e. The maximum absolute atomic E-state index is 10.8. The van der Waals surface area contributed by atoms with Gasteiger partial charge in [-0.1, -0.05) is 13.8 Å². The third-order valence-electron chi connectivity index (χ3n) is 2.23. The van der Waals surface area contributed by atoms with E-state index in [4.69, 9.17) is 0 Å². The zero-order valence-electron chi connectivity index (χ0n) is 8.34. The molecule has 0 radical (unpaired) electrons. The first-order valence-corrected chi connectivity index (χ1v) is 4.79. The van der Waals surface area contributed by atoms with Gasteiger partial charge in [-0.05, 0) is 18.8 Å². The van der Waals surface area contributed by atoms with Crippen molar-refractivity contribution >= 4 is 5.78 Å². The molecule has 1 fully saturated rings. The van der Waals surface area contributed by atoms with Crippen molar-refractivity contribution in [1.29, 1.82) is 0 Å². The summed E-state index contributed by atoms with van der Waals surface area (Å²) < 4.78 is 0. The van der Waals surface area contributed by atoms with Gasteiger partial charge in [-0.25, -0.2) is 0 Å². The van der Waals surface area contributed by atoms with E-state index < -0.39 is 0 Å². The van der Waals surface area contributed by atoms with Crippen LogP contribution in [0.5, 0.6) is 0 Å². The van der Waals surface area contributed by atoms with E-state index in [1.807, 2.05) is 0 Å². The zero-order valence-corrected chi connectivity index (χ0v) is 8.34. The Labute approximate surface area is 74.9 Å². The van der Waals surface area contributed by atoms with Gasteiger partial charge in [0.25, 0.3) is 0 Å². The van der Waals surface area contributed by atoms with E-state index in [2.05, 4.69) is 18.7 Å². The normalized spacial score (nSPS) is 19.7. The van der Waals surface area contributed by atoms with Crippen LogP contribution in [0.4, 0.5) is 0 Å². The Morgan fingerprint density at radius 1 is 1.50 bits per heavy atom. The van der Waals surface area contributed by atoms with Crippen LogP contribution in [0.3, 0.4) is 0 Å². The molecule has 12 heavy (non-hydrogen) atoms. The molecule has 1 rings (SSSR count). The predicted molar refractivity (Wildman–Crippen MR) is 50.1 cm³/mol. The number of rotatable bonds is 4. The lowest BCUT2D eigenvalue weighted by Gasteiger charge is -2.39. The molecule has 0 unspecified atom stereocenters. The lowest BCUT2D eigenvalue weighted by Crippen LogP contribution is -2.48. The van der Waals surface area contributed by atoms with Crippen LogP contribution in [0.25, 0.3) is 0 Å². The quantitative estimate of drug-likeness (QED) is 0.636. The van der Waals surface area contributed by atoms with Crippen LogP contribution in [0.1, 0.15) is 27.2 Å². The average molecular weight is 169 g/mol. The minimum atomic E-state index is 0.337. The number of carbonyl (C=O) groups is 1. The summed E-state index contributed by atoms with van der Waals surface area (Å²) in [5.41, 5.74) is 0. The molecule has 1 aliphatic heterocycles. The molecule has 1 aliphatic rings. The number of hydrogen-bond donors (Lipinski definition) is 0. The summed E-state index contributed by atoms with van der Waals surface area (Å²) in [5, 5.41) is 0. The minimum absolute atomic E-state index is 0.337. The van der Waals surface area contributed by atoms with Gasteiger partial charge in [0.15, 0.2) is 0 Å². The van der Waals surface area contributed by atoms with E-state index in [0.29, 0.717) is 11.7 Å². The van der Waals surface area contributed by atoms with E-state index >= 15 is 0 Å². The molecule has 2 heteroatoms. The first kappa shape index (κ1) is 9.72. The standard InChI is InChI=1S/C10H19NO/c1-8(2)5-11-6-10(7-11)4-9(3)12/h8,10H,4-7H2,1-3H3. The summed E-state index contributed by atoms with van der Waals surface area (Å²) in [6.07, 6.45) is 0.786. The van der Waals surface area contributed by atoms with Gasteiger partial charge < -0.3 is 9.69 Å². The third kappa shape index (κ3) is 2.94. The highest BCUT2D eigenvalue weighted by Crippen LogP contribution is 2.19. The zero-order chi connectivity index (χ0) is 9.14. The molecule has 0 amide bonds. The fourth-order valence-electron chi connectivity index (χ4n) is 1.88. The topological polar surface area (TPSA) is 20.3 Å². The molecule has 70 valence electrons. The van der Waals surface area contributed by atoms with Crippen LogP contribution in [0.15, 0.2) is 0 Å². The van der Waals surface area contributed by atoms with Gasteiger partial charge in [-0.15, -0.1) is 0 Å². The molecule has 0 aromatic rings. The highest BCUT2D eigenvalue weighted by Gasteiger charge is 2.27. The summed E-state index contributed by atoms with van der Waals surface area (Å²) in [7, 11) is 0. The predicted octanol–water partition coefficient (Wildman–Crippen LogP) is 1.55. The highest BCUT2D eigenvalue weighted by molar-refractivity contribution is 5.75. The van der Waals surface area contributed by atoms with E-state index in [1.165, 1.54) is 6.54 Å². The van der Waals surface area contributed by atoms with Crippen molar-refractivity contribution in [2.45, 2.75) is 27.2 Å². The lowest BCUT2D eigenvalue weighted by atomic mass is 9.93. The maximum atomic E-state index is 10.8. The van der Waals surface area contributed by atoms with Crippen molar-refractivity contribution in [2.24, 2.45) is 11.8 Å². The summed E-state index contributed by atoms with van der Waals surface area (Å²) in [6, 6.07) is 0. The highest BCUT2D eigenvalue weighted by atomic mass is 16.1. The molecule has 0 aromatic carbocycles. The van der Waals surface area contributed by atoms with Crippen LogP contribution in [-0.2, 0) is 4.79 Å². The first-order valence-electron chi connectivity index (χ1n) is 4.79. The molecule has 0 saturated carbocycles. The van der Waals surface area contributed by atoms with Crippen molar-refractivity contribution in [3.05, 3.63) is 0 Å². The second-order valence-corrected chi connectivity index (χ2v) is 4.38. The smallest absolute Gasteiger partial charge is 0.130 e. The lowest BCUT2D eigenvalue weighted by molar-refractivity contribution is -0.119. The molecule has 0 bridgehead atoms.